The van der Waals surface area contributed by atoms with Crippen molar-refractivity contribution in [2.45, 2.75) is 58.2 Å². The Labute approximate surface area is 265 Å². The van der Waals surface area contributed by atoms with Gasteiger partial charge in [0.2, 0.25) is 21.8 Å². The second-order valence-electron chi connectivity index (χ2n) is 10.4. The van der Waals surface area contributed by atoms with Gasteiger partial charge in [-0.1, -0.05) is 72.6 Å². The van der Waals surface area contributed by atoms with E-state index >= 15 is 0 Å². The Hall–Kier alpha value is -3.27. The number of carbonyl (C=O) groups excluding carboxylic acids is 2. The highest BCUT2D eigenvalue weighted by atomic mass is 35.5. The molecular formula is C32H39Cl2N3O5S. The van der Waals surface area contributed by atoms with Crippen molar-refractivity contribution >= 4 is 50.7 Å². The highest BCUT2D eigenvalue weighted by molar-refractivity contribution is 7.92. The Morgan fingerprint density at radius 1 is 0.977 bits per heavy atom. The first-order valence-corrected chi connectivity index (χ1v) is 16.7. The fraction of sp³-hybridized carbons (Fsp3) is 0.375. The number of carbonyl (C=O) groups is 2. The zero-order valence-corrected chi connectivity index (χ0v) is 27.3. The molecule has 0 radical (unpaired) electrons. The van der Waals surface area contributed by atoms with Gasteiger partial charge in [0.1, 0.15) is 11.8 Å². The van der Waals surface area contributed by atoms with Crippen LogP contribution in [-0.4, -0.2) is 57.1 Å². The van der Waals surface area contributed by atoms with Gasteiger partial charge in [0.25, 0.3) is 0 Å². The number of amides is 2. The molecule has 0 aromatic heterocycles. The van der Waals surface area contributed by atoms with Gasteiger partial charge in [-0.25, -0.2) is 8.42 Å². The number of halogens is 2. The van der Waals surface area contributed by atoms with Crippen molar-refractivity contribution in [3.63, 3.8) is 0 Å². The van der Waals surface area contributed by atoms with Crippen LogP contribution < -0.4 is 14.4 Å². The van der Waals surface area contributed by atoms with E-state index < -0.39 is 16.1 Å². The molecule has 8 nitrogen and oxygen atoms in total. The smallest absolute Gasteiger partial charge is 0.243 e. The van der Waals surface area contributed by atoms with E-state index in [2.05, 4.69) is 5.32 Å². The van der Waals surface area contributed by atoms with Crippen LogP contribution in [-0.2, 0) is 32.6 Å². The maximum absolute atomic E-state index is 13.9. The van der Waals surface area contributed by atoms with Gasteiger partial charge in [-0.15, -0.1) is 0 Å². The van der Waals surface area contributed by atoms with E-state index in [1.54, 1.807) is 35.2 Å². The number of hydrogen-bond acceptors (Lipinski definition) is 5. The molecule has 2 amide bonds. The van der Waals surface area contributed by atoms with Crippen molar-refractivity contribution in [3.8, 4) is 5.75 Å². The van der Waals surface area contributed by atoms with Crippen molar-refractivity contribution in [2.24, 2.45) is 0 Å². The molecule has 232 valence electrons. The molecule has 11 heteroatoms. The third-order valence-corrected chi connectivity index (χ3v) is 8.81. The van der Waals surface area contributed by atoms with Crippen LogP contribution in [0.15, 0.2) is 72.8 Å². The van der Waals surface area contributed by atoms with Crippen LogP contribution in [0.5, 0.6) is 5.75 Å². The number of hydrogen-bond donors (Lipinski definition) is 1. The first-order chi connectivity index (χ1) is 20.4. The monoisotopic (exact) mass is 647 g/mol. The topological polar surface area (TPSA) is 96.0 Å². The summed E-state index contributed by atoms with van der Waals surface area (Å²) >= 11 is 12.5. The lowest BCUT2D eigenvalue weighted by molar-refractivity contribution is -0.141. The van der Waals surface area contributed by atoms with E-state index in [1.807, 2.05) is 50.2 Å². The fourth-order valence-corrected chi connectivity index (χ4v) is 6.06. The summed E-state index contributed by atoms with van der Waals surface area (Å²) < 4.78 is 31.8. The average Bonchev–Trinajstić information content (AvgIpc) is 2.96. The van der Waals surface area contributed by atoms with Gasteiger partial charge in [0.15, 0.2) is 0 Å². The molecule has 2 atom stereocenters. The second-order valence-corrected chi connectivity index (χ2v) is 13.2. The Kier molecular flexibility index (Phi) is 12.7. The first kappa shape index (κ1) is 34.2. The van der Waals surface area contributed by atoms with Crippen LogP contribution in [0.1, 0.15) is 44.2 Å². The quantitative estimate of drug-likeness (QED) is 0.215. The van der Waals surface area contributed by atoms with Crippen LogP contribution in [0.3, 0.4) is 0 Å². The molecule has 0 heterocycles. The lowest BCUT2D eigenvalue weighted by Gasteiger charge is -2.32. The normalized spacial score (nSPS) is 12.7. The predicted molar refractivity (Wildman–Crippen MR) is 173 cm³/mol. The predicted octanol–water partition coefficient (Wildman–Crippen LogP) is 6.10. The minimum atomic E-state index is -3.68. The van der Waals surface area contributed by atoms with Gasteiger partial charge in [-0.05, 0) is 61.2 Å². The highest BCUT2D eigenvalue weighted by Gasteiger charge is 2.31. The van der Waals surface area contributed by atoms with Crippen LogP contribution in [0, 0.1) is 0 Å². The standard InChI is InChI=1S/C32H39Cl2N3O5S/c1-5-23(2)35-32(39)29(20-24-11-7-6-8-12-24)36(22-25-13-9-14-26(33)19-25)31(38)15-10-18-37(43(4,40)41)27-16-17-30(42-3)28(34)21-27/h6-9,11-14,16-17,19,21,23,29H,5,10,15,18,20,22H2,1-4H3,(H,35,39)/t23-,29-/m1/s1. The van der Waals surface area contributed by atoms with Gasteiger partial charge in [-0.2, -0.15) is 0 Å². The number of benzene rings is 3. The van der Waals surface area contributed by atoms with Crippen molar-refractivity contribution in [1.82, 2.24) is 10.2 Å². The lowest BCUT2D eigenvalue weighted by Crippen LogP contribution is -2.52. The molecule has 0 fully saturated rings. The molecule has 0 aliphatic carbocycles. The Balaban J connectivity index is 1.90. The third kappa shape index (κ3) is 10.2. The summed E-state index contributed by atoms with van der Waals surface area (Å²) in [4.78, 5) is 29.2. The van der Waals surface area contributed by atoms with Crippen LogP contribution in [0.25, 0.3) is 0 Å². The number of nitrogens with zero attached hydrogens (tertiary/aromatic N) is 2. The van der Waals surface area contributed by atoms with Crippen molar-refractivity contribution in [3.05, 3.63) is 94.0 Å². The lowest BCUT2D eigenvalue weighted by atomic mass is 10.0. The molecule has 0 saturated heterocycles. The molecular weight excluding hydrogens is 609 g/mol. The van der Waals surface area contributed by atoms with Gasteiger partial charge < -0.3 is 15.0 Å². The molecule has 0 spiro atoms. The molecule has 0 bridgehead atoms. The van der Waals surface area contributed by atoms with E-state index in [0.29, 0.717) is 22.9 Å². The largest absolute Gasteiger partial charge is 0.495 e. The summed E-state index contributed by atoms with van der Waals surface area (Å²) in [6.45, 7) is 4.11. The summed E-state index contributed by atoms with van der Waals surface area (Å²) in [6.07, 6.45) is 2.39. The van der Waals surface area contributed by atoms with Crippen LogP contribution in [0.2, 0.25) is 10.0 Å². The van der Waals surface area contributed by atoms with Gasteiger partial charge in [-0.3, -0.25) is 13.9 Å². The highest BCUT2D eigenvalue weighted by Crippen LogP contribution is 2.30. The summed E-state index contributed by atoms with van der Waals surface area (Å²) in [5, 5.41) is 3.84. The summed E-state index contributed by atoms with van der Waals surface area (Å²) in [5.41, 5.74) is 2.06. The van der Waals surface area contributed by atoms with E-state index in [1.165, 1.54) is 17.5 Å². The second kappa shape index (κ2) is 16.0. The molecule has 0 aliphatic rings. The number of anilines is 1. The van der Waals surface area contributed by atoms with Gasteiger partial charge in [0.05, 0.1) is 24.1 Å². The summed E-state index contributed by atoms with van der Waals surface area (Å²) in [6, 6.07) is 20.6. The number of methoxy groups -OCH3 is 1. The average molecular weight is 649 g/mol. The molecule has 0 unspecified atom stereocenters. The Bertz CT molecular complexity index is 1490. The maximum Gasteiger partial charge on any atom is 0.243 e. The number of rotatable bonds is 15. The van der Waals surface area contributed by atoms with Crippen molar-refractivity contribution in [2.75, 3.05) is 24.2 Å². The Morgan fingerprint density at radius 3 is 2.28 bits per heavy atom. The van der Waals surface area contributed by atoms with Crippen molar-refractivity contribution in [1.29, 1.82) is 0 Å². The summed E-state index contributed by atoms with van der Waals surface area (Å²) in [5.74, 6) is -0.105. The van der Waals surface area contributed by atoms with Crippen LogP contribution >= 0.6 is 23.2 Å². The van der Waals surface area contributed by atoms with Crippen molar-refractivity contribution < 1.29 is 22.7 Å². The zero-order valence-electron chi connectivity index (χ0n) is 24.9. The number of ether oxygens (including phenoxy) is 1. The minimum Gasteiger partial charge on any atom is -0.495 e. The van der Waals surface area contributed by atoms with Gasteiger partial charge in [0, 0.05) is 37.0 Å². The third-order valence-electron chi connectivity index (χ3n) is 7.09. The van der Waals surface area contributed by atoms with E-state index in [-0.39, 0.29) is 48.8 Å². The SMILES string of the molecule is CC[C@@H](C)NC(=O)[C@@H](Cc1ccccc1)N(Cc1cccc(Cl)c1)C(=O)CCCN(c1ccc(OC)c(Cl)c1)S(C)(=O)=O. The molecule has 3 aromatic rings. The molecule has 43 heavy (non-hydrogen) atoms. The summed E-state index contributed by atoms with van der Waals surface area (Å²) in [7, 11) is -2.21. The molecule has 3 aromatic carbocycles. The minimum absolute atomic E-state index is 0.0123. The maximum atomic E-state index is 13.9. The molecule has 0 aliphatic heterocycles. The van der Waals surface area contributed by atoms with Gasteiger partial charge >= 0.3 is 0 Å². The number of sulfonamides is 1. The van der Waals surface area contributed by atoms with E-state index in [4.69, 9.17) is 27.9 Å². The van der Waals surface area contributed by atoms with E-state index in [0.717, 1.165) is 23.8 Å². The van der Waals surface area contributed by atoms with E-state index in [9.17, 15) is 18.0 Å². The molecule has 0 saturated carbocycles. The molecule has 1 N–H and O–H groups in total. The zero-order chi connectivity index (χ0) is 31.6. The Morgan fingerprint density at radius 2 is 1.67 bits per heavy atom. The first-order valence-electron chi connectivity index (χ1n) is 14.1. The molecule has 3 rings (SSSR count). The number of nitrogens with one attached hydrogen (secondary N) is 1. The van der Waals surface area contributed by atoms with Crippen LogP contribution in [0.4, 0.5) is 5.69 Å². The fourth-order valence-electron chi connectivity index (χ4n) is 4.64.